The SMILES string of the molecule is O=C(COC(=O)c1cc(-c2cccc(N3C(=O)C4C5CCC(C5)C4C3=O)c2)nc2ccccc12)c1cccc([N+](=O)[O-])c1. The summed E-state index contributed by atoms with van der Waals surface area (Å²) in [5, 5.41) is 11.6. The van der Waals surface area contributed by atoms with Gasteiger partial charge < -0.3 is 4.74 Å². The van der Waals surface area contributed by atoms with E-state index >= 15 is 0 Å². The quantitative estimate of drug-likeness (QED) is 0.0941. The number of anilines is 1. The van der Waals surface area contributed by atoms with E-state index in [0.717, 1.165) is 25.3 Å². The zero-order valence-corrected chi connectivity index (χ0v) is 22.8. The second-order valence-corrected chi connectivity index (χ2v) is 11.3. The Balaban J connectivity index is 1.17. The van der Waals surface area contributed by atoms with Gasteiger partial charge in [-0.25, -0.2) is 9.78 Å². The molecule has 4 aromatic rings. The highest BCUT2D eigenvalue weighted by Crippen LogP contribution is 2.56. The first-order chi connectivity index (χ1) is 20.8. The molecule has 0 radical (unpaired) electrons. The zero-order valence-electron chi connectivity index (χ0n) is 22.8. The molecule has 7 rings (SSSR count). The van der Waals surface area contributed by atoms with Crippen LogP contribution >= 0.6 is 0 Å². The van der Waals surface area contributed by atoms with Crippen LogP contribution in [0.3, 0.4) is 0 Å². The van der Waals surface area contributed by atoms with Gasteiger partial charge >= 0.3 is 5.97 Å². The van der Waals surface area contributed by atoms with E-state index in [1.165, 1.54) is 23.1 Å². The van der Waals surface area contributed by atoms with Gasteiger partial charge in [0.25, 0.3) is 5.69 Å². The van der Waals surface area contributed by atoms with Gasteiger partial charge in [0.05, 0.1) is 39.2 Å². The molecule has 4 atom stereocenters. The molecule has 10 nitrogen and oxygen atoms in total. The number of nitro groups is 1. The summed E-state index contributed by atoms with van der Waals surface area (Å²) in [6.45, 7) is -0.606. The van der Waals surface area contributed by atoms with Crippen LogP contribution in [-0.2, 0) is 14.3 Å². The third-order valence-corrected chi connectivity index (χ3v) is 8.98. The van der Waals surface area contributed by atoms with Crippen molar-refractivity contribution >= 4 is 45.8 Å². The highest BCUT2D eigenvalue weighted by Gasteiger charge is 2.61. The number of para-hydroxylation sites is 1. The standard InChI is InChI=1S/C33H25N3O7/c37-28(19-6-4-8-23(15-19)36(41)42)17-43-33(40)25-16-27(34-26-10-2-1-9-24(25)26)18-5-3-7-22(14-18)35-31(38)29-20-11-12-21(13-20)30(29)32(35)39/h1-10,14-16,20-21,29-30H,11-13,17H2. The Kier molecular flexibility index (Phi) is 6.34. The number of non-ortho nitro benzene ring substituents is 1. The van der Waals surface area contributed by atoms with Crippen LogP contribution in [0.15, 0.2) is 78.9 Å². The molecular formula is C33H25N3O7. The highest BCUT2D eigenvalue weighted by molar-refractivity contribution is 6.22. The van der Waals surface area contributed by atoms with Crippen LogP contribution in [0, 0.1) is 33.8 Å². The minimum atomic E-state index is -0.761. The van der Waals surface area contributed by atoms with Gasteiger partial charge in [0.15, 0.2) is 6.61 Å². The first-order valence-corrected chi connectivity index (χ1v) is 14.1. The number of nitrogens with zero attached hydrogens (tertiary/aromatic N) is 3. The Hall–Kier alpha value is -5.25. The van der Waals surface area contributed by atoms with Crippen molar-refractivity contribution in [1.82, 2.24) is 4.98 Å². The molecule has 0 N–H and O–H groups in total. The number of fused-ring (bicyclic) bond motifs is 6. The number of aromatic nitrogens is 1. The molecule has 3 fully saturated rings. The molecule has 2 saturated carbocycles. The predicted molar refractivity (Wildman–Crippen MR) is 155 cm³/mol. The number of pyridine rings is 1. The van der Waals surface area contributed by atoms with Gasteiger partial charge in [0.1, 0.15) is 0 Å². The van der Waals surface area contributed by atoms with Gasteiger partial charge in [-0.3, -0.25) is 29.4 Å². The van der Waals surface area contributed by atoms with E-state index in [4.69, 9.17) is 9.72 Å². The number of amides is 2. The third kappa shape index (κ3) is 4.46. The maximum Gasteiger partial charge on any atom is 0.339 e. The van der Waals surface area contributed by atoms with E-state index in [2.05, 4.69) is 0 Å². The van der Waals surface area contributed by atoms with Crippen molar-refractivity contribution in [3.63, 3.8) is 0 Å². The Bertz CT molecular complexity index is 1840. The number of ketones is 1. The third-order valence-electron chi connectivity index (χ3n) is 8.98. The van der Waals surface area contributed by atoms with E-state index < -0.39 is 23.3 Å². The number of ether oxygens (including phenoxy) is 1. The summed E-state index contributed by atoms with van der Waals surface area (Å²) in [4.78, 5) is 69.3. The predicted octanol–water partition coefficient (Wildman–Crippen LogP) is 5.39. The molecule has 3 aromatic carbocycles. The van der Waals surface area contributed by atoms with Gasteiger partial charge in [-0.15, -0.1) is 0 Å². The monoisotopic (exact) mass is 575 g/mol. The maximum atomic E-state index is 13.4. The van der Waals surface area contributed by atoms with Crippen LogP contribution in [-0.4, -0.2) is 40.1 Å². The summed E-state index contributed by atoms with van der Waals surface area (Å²) in [6.07, 6.45) is 2.95. The number of rotatable bonds is 7. The molecule has 2 bridgehead atoms. The van der Waals surface area contributed by atoms with Crippen molar-refractivity contribution in [2.75, 3.05) is 11.5 Å². The van der Waals surface area contributed by atoms with E-state index in [9.17, 15) is 29.3 Å². The van der Waals surface area contributed by atoms with Crippen molar-refractivity contribution in [2.24, 2.45) is 23.7 Å². The molecule has 2 amide bonds. The lowest BCUT2D eigenvalue weighted by atomic mass is 9.81. The first-order valence-electron chi connectivity index (χ1n) is 14.1. The van der Waals surface area contributed by atoms with Gasteiger partial charge in [-0.1, -0.05) is 42.5 Å². The molecule has 214 valence electrons. The molecule has 1 aromatic heterocycles. The van der Waals surface area contributed by atoms with Gasteiger partial charge in [0.2, 0.25) is 17.6 Å². The second kappa shape index (κ2) is 10.2. The average molecular weight is 576 g/mol. The average Bonchev–Trinajstić information content (AvgIpc) is 3.72. The molecule has 2 heterocycles. The highest BCUT2D eigenvalue weighted by atomic mass is 16.6. The lowest BCUT2D eigenvalue weighted by Gasteiger charge is -2.19. The first kappa shape index (κ1) is 26.6. The number of Topliss-reactive ketones (excluding diaryl/α,β-unsaturated/α-hetero) is 1. The Morgan fingerprint density at radius 3 is 2.37 bits per heavy atom. The minimum absolute atomic E-state index is 0.0576. The van der Waals surface area contributed by atoms with Gasteiger partial charge in [0, 0.05) is 28.6 Å². The van der Waals surface area contributed by atoms with Crippen LogP contribution < -0.4 is 4.90 Å². The summed E-state index contributed by atoms with van der Waals surface area (Å²) < 4.78 is 5.36. The number of carbonyl (C=O) groups excluding carboxylic acids is 4. The summed E-state index contributed by atoms with van der Waals surface area (Å²) in [5.41, 5.74) is 2.02. The molecule has 3 aliphatic rings. The van der Waals surface area contributed by atoms with Crippen molar-refractivity contribution in [2.45, 2.75) is 19.3 Å². The van der Waals surface area contributed by atoms with Crippen molar-refractivity contribution in [1.29, 1.82) is 0 Å². The molecule has 2 aliphatic carbocycles. The molecular weight excluding hydrogens is 550 g/mol. The summed E-state index contributed by atoms with van der Waals surface area (Å²) in [7, 11) is 0. The Morgan fingerprint density at radius 1 is 0.907 bits per heavy atom. The number of hydrogen-bond donors (Lipinski definition) is 0. The number of imide groups is 1. The summed E-state index contributed by atoms with van der Waals surface area (Å²) >= 11 is 0. The Labute approximate surface area is 245 Å². The van der Waals surface area contributed by atoms with E-state index in [-0.39, 0.29) is 52.3 Å². The number of carbonyl (C=O) groups is 4. The Morgan fingerprint density at radius 2 is 1.63 bits per heavy atom. The van der Waals surface area contributed by atoms with Gasteiger partial charge in [-0.2, -0.15) is 0 Å². The van der Waals surface area contributed by atoms with Crippen LogP contribution in [0.4, 0.5) is 11.4 Å². The number of hydrogen-bond acceptors (Lipinski definition) is 8. The number of esters is 1. The summed E-state index contributed by atoms with van der Waals surface area (Å²) in [5.74, 6) is -1.53. The van der Waals surface area contributed by atoms with Crippen LogP contribution in [0.2, 0.25) is 0 Å². The minimum Gasteiger partial charge on any atom is -0.454 e. The van der Waals surface area contributed by atoms with Crippen molar-refractivity contribution in [3.05, 3.63) is 100 Å². The van der Waals surface area contributed by atoms with Crippen LogP contribution in [0.5, 0.6) is 0 Å². The second-order valence-electron chi connectivity index (χ2n) is 11.3. The fraction of sp³-hybridized carbons (Fsp3) is 0.242. The molecule has 0 spiro atoms. The molecule has 4 unspecified atom stereocenters. The van der Waals surface area contributed by atoms with Crippen LogP contribution in [0.25, 0.3) is 22.2 Å². The molecule has 43 heavy (non-hydrogen) atoms. The summed E-state index contributed by atoms with van der Waals surface area (Å²) in [6, 6.07) is 20.8. The van der Waals surface area contributed by atoms with Crippen LogP contribution in [0.1, 0.15) is 40.0 Å². The van der Waals surface area contributed by atoms with E-state index in [0.29, 0.717) is 27.8 Å². The maximum absolute atomic E-state index is 13.4. The van der Waals surface area contributed by atoms with Crippen molar-refractivity contribution in [3.8, 4) is 11.3 Å². The van der Waals surface area contributed by atoms with E-state index in [1.807, 2.05) is 0 Å². The molecule has 10 heteroatoms. The lowest BCUT2D eigenvalue weighted by molar-refractivity contribution is -0.384. The fourth-order valence-electron chi connectivity index (χ4n) is 7.04. The molecule has 1 aliphatic heterocycles. The number of nitro benzene ring substituents is 1. The van der Waals surface area contributed by atoms with E-state index in [1.54, 1.807) is 54.6 Å². The normalized spacial score (nSPS) is 22.2. The van der Waals surface area contributed by atoms with Gasteiger partial charge in [-0.05, 0) is 55.4 Å². The fourth-order valence-corrected chi connectivity index (χ4v) is 7.04. The molecule has 1 saturated heterocycles. The zero-order chi connectivity index (χ0) is 29.8. The topological polar surface area (TPSA) is 137 Å². The lowest BCUT2D eigenvalue weighted by Crippen LogP contribution is -2.32. The number of benzene rings is 3. The smallest absolute Gasteiger partial charge is 0.339 e. The largest absolute Gasteiger partial charge is 0.454 e. The van der Waals surface area contributed by atoms with Crippen molar-refractivity contribution < 1.29 is 28.8 Å².